The molecule has 0 aliphatic carbocycles. The molecule has 6 nitrogen and oxygen atoms in total. The van der Waals surface area contributed by atoms with Gasteiger partial charge in [-0.15, -0.1) is 0 Å². The van der Waals surface area contributed by atoms with Gasteiger partial charge in [-0.25, -0.2) is 13.4 Å². The first-order valence-electron chi connectivity index (χ1n) is 7.30. The second-order valence-corrected chi connectivity index (χ2v) is 7.25. The number of aryl methyl sites for hydroxylation is 1. The highest BCUT2D eigenvalue weighted by Gasteiger charge is 2.22. The van der Waals surface area contributed by atoms with Crippen LogP contribution in [0.4, 0.5) is 5.69 Å². The summed E-state index contributed by atoms with van der Waals surface area (Å²) in [4.78, 5) is 7.08. The van der Waals surface area contributed by atoms with Crippen LogP contribution in [0.2, 0.25) is 5.02 Å². The van der Waals surface area contributed by atoms with E-state index in [0.717, 1.165) is 11.1 Å². The molecule has 126 valence electrons. The lowest BCUT2D eigenvalue weighted by Crippen LogP contribution is -2.15. The fourth-order valence-corrected chi connectivity index (χ4v) is 3.81. The summed E-state index contributed by atoms with van der Waals surface area (Å²) in [5.41, 5.74) is 2.40. The number of aromatic nitrogens is 2. The Labute approximate surface area is 144 Å². The topological polar surface area (TPSA) is 84.1 Å². The number of sulfonamides is 1. The van der Waals surface area contributed by atoms with Gasteiger partial charge in [0.2, 0.25) is 0 Å². The molecule has 2 aromatic carbocycles. The first-order valence-corrected chi connectivity index (χ1v) is 9.16. The number of nitrogens with one attached hydrogen (secondary N) is 2. The molecule has 2 N–H and O–H groups in total. The zero-order valence-electron chi connectivity index (χ0n) is 13.1. The molecule has 0 saturated carbocycles. The molecule has 3 rings (SSSR count). The van der Waals surface area contributed by atoms with Gasteiger partial charge in [0.05, 0.1) is 24.1 Å². The number of halogens is 1. The SMILES string of the molecule is CCOc1cc(C)c(Cl)cc1S(=O)(=O)Nc1cccc2[nH]cnc12. The van der Waals surface area contributed by atoms with E-state index in [2.05, 4.69) is 14.7 Å². The van der Waals surface area contributed by atoms with Crippen LogP contribution in [0.3, 0.4) is 0 Å². The van der Waals surface area contributed by atoms with Crippen molar-refractivity contribution >= 4 is 38.3 Å². The summed E-state index contributed by atoms with van der Waals surface area (Å²) in [7, 11) is -3.89. The van der Waals surface area contributed by atoms with Gasteiger partial charge in [0.1, 0.15) is 16.2 Å². The van der Waals surface area contributed by atoms with Crippen molar-refractivity contribution in [1.82, 2.24) is 9.97 Å². The number of imidazole rings is 1. The number of ether oxygens (including phenoxy) is 1. The van der Waals surface area contributed by atoms with Crippen LogP contribution in [-0.4, -0.2) is 25.0 Å². The summed E-state index contributed by atoms with van der Waals surface area (Å²) in [5, 5.41) is 0.358. The number of para-hydroxylation sites is 1. The Bertz CT molecular complexity index is 999. The van der Waals surface area contributed by atoms with Crippen LogP contribution in [0.15, 0.2) is 41.6 Å². The predicted molar refractivity (Wildman–Crippen MR) is 94.3 cm³/mol. The second-order valence-electron chi connectivity index (χ2n) is 5.19. The van der Waals surface area contributed by atoms with Gasteiger partial charge in [-0.1, -0.05) is 17.7 Å². The quantitative estimate of drug-likeness (QED) is 0.721. The van der Waals surface area contributed by atoms with Crippen molar-refractivity contribution in [1.29, 1.82) is 0 Å². The van der Waals surface area contributed by atoms with Crippen LogP contribution < -0.4 is 9.46 Å². The zero-order valence-corrected chi connectivity index (χ0v) is 14.7. The fraction of sp³-hybridized carbons (Fsp3) is 0.188. The summed E-state index contributed by atoms with van der Waals surface area (Å²) >= 11 is 6.11. The average molecular weight is 366 g/mol. The predicted octanol–water partition coefficient (Wildman–Crippen LogP) is 3.72. The fourth-order valence-electron chi connectivity index (χ4n) is 2.36. The average Bonchev–Trinajstić information content (AvgIpc) is 3.00. The Hall–Kier alpha value is -2.25. The molecule has 0 aliphatic heterocycles. The summed E-state index contributed by atoms with van der Waals surface area (Å²) in [6, 6.07) is 8.22. The third-order valence-corrected chi connectivity index (χ3v) is 5.30. The third kappa shape index (κ3) is 3.05. The first-order chi connectivity index (χ1) is 11.4. The van der Waals surface area contributed by atoms with Gasteiger partial charge < -0.3 is 9.72 Å². The van der Waals surface area contributed by atoms with Gasteiger partial charge in [0.15, 0.2) is 0 Å². The van der Waals surface area contributed by atoms with Gasteiger partial charge in [-0.2, -0.15) is 0 Å². The molecule has 0 spiro atoms. The van der Waals surface area contributed by atoms with Crippen molar-refractivity contribution in [2.75, 3.05) is 11.3 Å². The smallest absolute Gasteiger partial charge is 0.265 e. The lowest BCUT2D eigenvalue weighted by atomic mass is 10.2. The van der Waals surface area contributed by atoms with E-state index in [0.29, 0.717) is 22.8 Å². The highest BCUT2D eigenvalue weighted by atomic mass is 35.5. The standard InChI is InChI=1S/C16H16ClN3O3S/c1-3-23-14-7-10(2)11(17)8-15(14)24(21,22)20-13-6-4-5-12-16(13)19-9-18-12/h4-9,20H,3H2,1-2H3,(H,18,19). The Morgan fingerprint density at radius 1 is 1.33 bits per heavy atom. The number of benzene rings is 2. The molecule has 0 bridgehead atoms. The van der Waals surface area contributed by atoms with E-state index in [1.54, 1.807) is 32.0 Å². The first kappa shape index (κ1) is 16.6. The Balaban J connectivity index is 2.08. The summed E-state index contributed by atoms with van der Waals surface area (Å²) in [6.07, 6.45) is 1.51. The van der Waals surface area contributed by atoms with E-state index in [-0.39, 0.29) is 10.6 Å². The molecule has 3 aromatic rings. The molecule has 8 heteroatoms. The van der Waals surface area contributed by atoms with E-state index in [4.69, 9.17) is 16.3 Å². The van der Waals surface area contributed by atoms with Crippen LogP contribution in [0.5, 0.6) is 5.75 Å². The number of nitrogens with zero attached hydrogens (tertiary/aromatic N) is 1. The summed E-state index contributed by atoms with van der Waals surface area (Å²) in [6.45, 7) is 3.93. The highest BCUT2D eigenvalue weighted by Crippen LogP contribution is 2.32. The van der Waals surface area contributed by atoms with Crippen molar-refractivity contribution in [2.45, 2.75) is 18.7 Å². The molecule has 0 radical (unpaired) electrons. The molecule has 24 heavy (non-hydrogen) atoms. The van der Waals surface area contributed by atoms with E-state index in [9.17, 15) is 8.42 Å². The van der Waals surface area contributed by atoms with Gasteiger partial charge in [-0.3, -0.25) is 4.72 Å². The number of anilines is 1. The summed E-state index contributed by atoms with van der Waals surface area (Å²) < 4.78 is 33.7. The number of fused-ring (bicyclic) bond motifs is 1. The number of aromatic amines is 1. The van der Waals surface area contributed by atoms with E-state index < -0.39 is 10.0 Å². The Morgan fingerprint density at radius 3 is 2.88 bits per heavy atom. The Morgan fingerprint density at radius 2 is 2.12 bits per heavy atom. The maximum atomic E-state index is 12.8. The van der Waals surface area contributed by atoms with Gasteiger partial charge in [-0.05, 0) is 43.7 Å². The second kappa shape index (κ2) is 6.33. The molecule has 0 amide bonds. The minimum atomic E-state index is -3.89. The van der Waals surface area contributed by atoms with Crippen LogP contribution in [0.25, 0.3) is 11.0 Å². The van der Waals surface area contributed by atoms with Crippen molar-refractivity contribution in [3.8, 4) is 5.75 Å². The lowest BCUT2D eigenvalue weighted by molar-refractivity contribution is 0.331. The van der Waals surface area contributed by atoms with Crippen LogP contribution >= 0.6 is 11.6 Å². The lowest BCUT2D eigenvalue weighted by Gasteiger charge is -2.14. The van der Waals surface area contributed by atoms with Crippen LogP contribution in [-0.2, 0) is 10.0 Å². The maximum absolute atomic E-state index is 12.8. The molecule has 1 aromatic heterocycles. The zero-order chi connectivity index (χ0) is 17.3. The van der Waals surface area contributed by atoms with Gasteiger partial charge in [0, 0.05) is 5.02 Å². The van der Waals surface area contributed by atoms with E-state index in [1.807, 2.05) is 6.07 Å². The molecule has 0 aliphatic rings. The van der Waals surface area contributed by atoms with Crippen molar-refractivity contribution < 1.29 is 13.2 Å². The molecule has 0 saturated heterocycles. The minimum Gasteiger partial charge on any atom is -0.492 e. The normalized spacial score (nSPS) is 11.6. The third-order valence-electron chi connectivity index (χ3n) is 3.51. The van der Waals surface area contributed by atoms with Crippen molar-refractivity contribution in [2.24, 2.45) is 0 Å². The molecule has 0 unspecified atom stereocenters. The van der Waals surface area contributed by atoms with Crippen LogP contribution in [0.1, 0.15) is 12.5 Å². The van der Waals surface area contributed by atoms with Gasteiger partial charge in [0.25, 0.3) is 10.0 Å². The molecule has 1 heterocycles. The number of rotatable bonds is 5. The molecule has 0 fully saturated rings. The highest BCUT2D eigenvalue weighted by molar-refractivity contribution is 7.92. The Kier molecular flexibility index (Phi) is 4.38. The van der Waals surface area contributed by atoms with Crippen LogP contribution in [0, 0.1) is 6.92 Å². The minimum absolute atomic E-state index is 0.00695. The van der Waals surface area contributed by atoms with Crippen molar-refractivity contribution in [3.63, 3.8) is 0 Å². The molecule has 0 atom stereocenters. The maximum Gasteiger partial charge on any atom is 0.265 e. The summed E-state index contributed by atoms with van der Waals surface area (Å²) in [5.74, 6) is 0.265. The monoisotopic (exact) mass is 365 g/mol. The number of hydrogen-bond acceptors (Lipinski definition) is 4. The molecular weight excluding hydrogens is 350 g/mol. The molecular formula is C16H16ClN3O3S. The number of H-pyrrole nitrogens is 1. The van der Waals surface area contributed by atoms with Gasteiger partial charge >= 0.3 is 0 Å². The van der Waals surface area contributed by atoms with E-state index in [1.165, 1.54) is 12.4 Å². The van der Waals surface area contributed by atoms with Crippen molar-refractivity contribution in [3.05, 3.63) is 47.2 Å². The largest absolute Gasteiger partial charge is 0.492 e. The van der Waals surface area contributed by atoms with E-state index >= 15 is 0 Å². The number of hydrogen-bond donors (Lipinski definition) is 2.